The fourth-order valence-electron chi connectivity index (χ4n) is 2.92. The molecule has 2 aromatic carbocycles. The van der Waals surface area contributed by atoms with Crippen molar-refractivity contribution in [3.05, 3.63) is 70.3 Å². The average molecular weight is 424 g/mol. The molecule has 2 aromatic rings. The first-order valence-electron chi connectivity index (χ1n) is 8.91. The first-order chi connectivity index (χ1) is 13.9. The van der Waals surface area contributed by atoms with Crippen LogP contribution >= 0.6 is 23.4 Å². The number of carbonyl (C=O) groups excluding carboxylic acids is 1. The molecule has 0 atom stereocenters. The first-order valence-corrected chi connectivity index (χ1v) is 10.1. The second-order valence-corrected chi connectivity index (χ2v) is 8.28. The summed E-state index contributed by atoms with van der Waals surface area (Å²) in [7, 11) is 3.93. The lowest BCUT2D eigenvalue weighted by Gasteiger charge is -2.20. The van der Waals surface area contributed by atoms with Gasteiger partial charge in [-0.3, -0.25) is 10.2 Å². The third kappa shape index (κ3) is 4.11. The predicted octanol–water partition coefficient (Wildman–Crippen LogP) is 4.27. The maximum absolute atomic E-state index is 12.5. The number of hydrogen-bond acceptors (Lipinski definition) is 5. The van der Waals surface area contributed by atoms with Crippen LogP contribution in [0.3, 0.4) is 0 Å². The summed E-state index contributed by atoms with van der Waals surface area (Å²) in [5.74, 6) is -0.385. The fourth-order valence-corrected chi connectivity index (χ4v) is 3.96. The van der Waals surface area contributed by atoms with Crippen molar-refractivity contribution >= 4 is 57.1 Å². The Morgan fingerprint density at radius 1 is 1.14 bits per heavy atom. The van der Waals surface area contributed by atoms with Crippen LogP contribution in [0, 0.1) is 5.41 Å². The van der Waals surface area contributed by atoms with Gasteiger partial charge >= 0.3 is 0 Å². The number of hydrazone groups is 1. The Bertz CT molecular complexity index is 1070. The largest absolute Gasteiger partial charge is 0.378 e. The number of nitrogens with one attached hydrogen (secondary N) is 1. The number of halogens is 1. The van der Waals surface area contributed by atoms with Gasteiger partial charge < -0.3 is 4.90 Å². The van der Waals surface area contributed by atoms with Crippen LogP contribution in [0.2, 0.25) is 5.02 Å². The van der Waals surface area contributed by atoms with E-state index in [0.717, 1.165) is 21.9 Å². The lowest BCUT2D eigenvalue weighted by atomic mass is 10.1. The fraction of sp³-hybridized carbons (Fsp3) is 0.143. The summed E-state index contributed by atoms with van der Waals surface area (Å²) in [6, 6.07) is 15.3. The molecule has 2 aliphatic rings. The van der Waals surface area contributed by atoms with Gasteiger partial charge in [0.1, 0.15) is 5.04 Å². The zero-order valence-electron chi connectivity index (χ0n) is 15.9. The van der Waals surface area contributed by atoms with E-state index in [2.05, 4.69) is 10.1 Å². The van der Waals surface area contributed by atoms with Crippen molar-refractivity contribution in [3.8, 4) is 0 Å². The average Bonchev–Trinajstić information content (AvgIpc) is 3.09. The quantitative estimate of drug-likeness (QED) is 0.745. The molecule has 146 valence electrons. The van der Waals surface area contributed by atoms with Gasteiger partial charge in [-0.25, -0.2) is 0 Å². The van der Waals surface area contributed by atoms with Gasteiger partial charge in [0.2, 0.25) is 5.17 Å². The summed E-state index contributed by atoms with van der Waals surface area (Å²) >= 11 is 7.25. The number of aliphatic imine (C=N–C) groups is 1. The standard InChI is InChI=1S/C21H18ClN5OS/c1-26(2)16-9-5-13(6-10-16)11-17-19(23)27-21(24-20(17)28)29-18(25-27)12-14-3-7-15(22)8-4-14/h3-11,23H,12H2,1-2H3. The van der Waals surface area contributed by atoms with Crippen LogP contribution in [0.5, 0.6) is 0 Å². The molecule has 0 bridgehead atoms. The van der Waals surface area contributed by atoms with Gasteiger partial charge in [0, 0.05) is 31.2 Å². The predicted molar refractivity (Wildman–Crippen MR) is 121 cm³/mol. The molecule has 2 heterocycles. The molecule has 2 aliphatic heterocycles. The van der Waals surface area contributed by atoms with E-state index in [9.17, 15) is 4.79 Å². The van der Waals surface area contributed by atoms with Gasteiger partial charge in [0.15, 0.2) is 5.84 Å². The van der Waals surface area contributed by atoms with Crippen molar-refractivity contribution in [1.82, 2.24) is 5.01 Å². The summed E-state index contributed by atoms with van der Waals surface area (Å²) < 4.78 is 0. The van der Waals surface area contributed by atoms with Crippen molar-refractivity contribution in [3.63, 3.8) is 0 Å². The van der Waals surface area contributed by atoms with Gasteiger partial charge in [-0.15, -0.1) is 0 Å². The number of nitrogens with zero attached hydrogens (tertiary/aromatic N) is 4. The van der Waals surface area contributed by atoms with Crippen LogP contribution in [-0.4, -0.2) is 41.1 Å². The summed E-state index contributed by atoms with van der Waals surface area (Å²) in [6.45, 7) is 0. The van der Waals surface area contributed by atoms with Gasteiger partial charge in [-0.2, -0.15) is 15.1 Å². The van der Waals surface area contributed by atoms with Gasteiger partial charge in [0.25, 0.3) is 5.91 Å². The summed E-state index contributed by atoms with van der Waals surface area (Å²) in [5.41, 5.74) is 3.17. The lowest BCUT2D eigenvalue weighted by Crippen LogP contribution is -2.35. The Kier molecular flexibility index (Phi) is 5.25. The molecule has 0 unspecified atom stereocenters. The normalized spacial score (nSPS) is 17.3. The first kappa shape index (κ1) is 19.4. The number of amidine groups is 2. The number of benzene rings is 2. The van der Waals surface area contributed by atoms with Crippen molar-refractivity contribution in [1.29, 1.82) is 5.41 Å². The van der Waals surface area contributed by atoms with Gasteiger partial charge in [-0.05, 0) is 53.2 Å². The van der Waals surface area contributed by atoms with E-state index in [1.807, 2.05) is 67.5 Å². The molecule has 1 amide bonds. The van der Waals surface area contributed by atoms with E-state index in [1.54, 1.807) is 6.08 Å². The van der Waals surface area contributed by atoms with Crippen LogP contribution in [-0.2, 0) is 11.2 Å². The number of fused-ring (bicyclic) bond motifs is 1. The number of hydrogen-bond donors (Lipinski definition) is 1. The molecule has 0 saturated heterocycles. The molecule has 0 fully saturated rings. The summed E-state index contributed by atoms with van der Waals surface area (Å²) in [5, 5.41) is 16.3. The monoisotopic (exact) mass is 423 g/mol. The minimum Gasteiger partial charge on any atom is -0.378 e. The zero-order chi connectivity index (χ0) is 20.5. The Labute approximate surface area is 178 Å². The minimum absolute atomic E-state index is 0.0373. The van der Waals surface area contributed by atoms with E-state index in [0.29, 0.717) is 16.6 Å². The molecular formula is C21H18ClN5OS. The van der Waals surface area contributed by atoms with Crippen LogP contribution in [0.1, 0.15) is 11.1 Å². The highest BCUT2D eigenvalue weighted by Gasteiger charge is 2.35. The van der Waals surface area contributed by atoms with E-state index in [4.69, 9.17) is 17.0 Å². The highest BCUT2D eigenvalue weighted by Crippen LogP contribution is 2.30. The van der Waals surface area contributed by atoms with Crippen LogP contribution in [0.4, 0.5) is 5.69 Å². The number of carbonyl (C=O) groups is 1. The molecule has 0 aromatic heterocycles. The Balaban J connectivity index is 1.56. The van der Waals surface area contributed by atoms with E-state index < -0.39 is 5.91 Å². The lowest BCUT2D eigenvalue weighted by molar-refractivity contribution is -0.114. The molecule has 6 nitrogen and oxygen atoms in total. The van der Waals surface area contributed by atoms with Crippen molar-refractivity contribution in [2.24, 2.45) is 10.1 Å². The molecule has 0 radical (unpaired) electrons. The highest BCUT2D eigenvalue weighted by atomic mass is 35.5. The van der Waals surface area contributed by atoms with Crippen LogP contribution < -0.4 is 4.90 Å². The van der Waals surface area contributed by atoms with E-state index in [-0.39, 0.29) is 11.4 Å². The van der Waals surface area contributed by atoms with Crippen LogP contribution in [0.25, 0.3) is 6.08 Å². The summed E-state index contributed by atoms with van der Waals surface area (Å²) in [4.78, 5) is 18.7. The zero-order valence-corrected chi connectivity index (χ0v) is 17.5. The molecule has 0 saturated carbocycles. The third-order valence-electron chi connectivity index (χ3n) is 4.49. The number of thioether (sulfide) groups is 1. The molecule has 1 N–H and O–H groups in total. The number of anilines is 1. The smallest absolute Gasteiger partial charge is 0.283 e. The second-order valence-electron chi connectivity index (χ2n) is 6.80. The molecular weight excluding hydrogens is 406 g/mol. The summed E-state index contributed by atoms with van der Waals surface area (Å²) in [6.07, 6.45) is 2.27. The van der Waals surface area contributed by atoms with E-state index >= 15 is 0 Å². The molecule has 0 aliphatic carbocycles. The number of rotatable bonds is 4. The third-order valence-corrected chi connectivity index (χ3v) is 5.65. The van der Waals surface area contributed by atoms with Crippen molar-refractivity contribution in [2.45, 2.75) is 6.42 Å². The molecule has 4 rings (SSSR count). The number of amides is 1. The molecule has 0 spiro atoms. The molecule has 8 heteroatoms. The Hall–Kier alpha value is -2.90. The Morgan fingerprint density at radius 3 is 2.48 bits per heavy atom. The van der Waals surface area contributed by atoms with Crippen LogP contribution in [0.15, 0.2) is 64.2 Å². The minimum atomic E-state index is -0.423. The second kappa shape index (κ2) is 7.85. The van der Waals surface area contributed by atoms with Gasteiger partial charge in [-0.1, -0.05) is 35.9 Å². The molecule has 29 heavy (non-hydrogen) atoms. The van der Waals surface area contributed by atoms with Gasteiger partial charge in [0.05, 0.1) is 5.57 Å². The Morgan fingerprint density at radius 2 is 1.83 bits per heavy atom. The van der Waals surface area contributed by atoms with E-state index in [1.165, 1.54) is 16.8 Å². The highest BCUT2D eigenvalue weighted by molar-refractivity contribution is 8.26. The van der Waals surface area contributed by atoms with Crippen molar-refractivity contribution in [2.75, 3.05) is 19.0 Å². The maximum Gasteiger partial charge on any atom is 0.283 e. The van der Waals surface area contributed by atoms with Crippen molar-refractivity contribution < 1.29 is 4.79 Å². The topological polar surface area (TPSA) is 72.1 Å². The SMILES string of the molecule is CN(C)c1ccc(C=C2C(=N)N3N=C(Cc4ccc(Cl)cc4)SC3=NC2=O)cc1. The maximum atomic E-state index is 12.5.